The molecule has 1 unspecified atom stereocenters. The molecule has 2 aliphatic heterocycles. The fourth-order valence-corrected chi connectivity index (χ4v) is 4.25. The Hall–Kier alpha value is -2.83. The van der Waals surface area contributed by atoms with Gasteiger partial charge in [0.15, 0.2) is 0 Å². The van der Waals surface area contributed by atoms with Crippen LogP contribution in [0.4, 0.5) is 16.4 Å². The van der Waals surface area contributed by atoms with Gasteiger partial charge in [0, 0.05) is 63.9 Å². The SMILES string of the molecule is CN(Cc1ccccc1N1CCCC1)C(=O)NC1CCCN(c2ncccn2)C1. The van der Waals surface area contributed by atoms with Crippen molar-refractivity contribution in [3.8, 4) is 0 Å². The number of urea groups is 1. The van der Waals surface area contributed by atoms with Gasteiger partial charge in [0.1, 0.15) is 0 Å². The third-order valence-electron chi connectivity index (χ3n) is 5.78. The molecular formula is C22H30N6O. The highest BCUT2D eigenvalue weighted by Gasteiger charge is 2.24. The maximum Gasteiger partial charge on any atom is 0.317 e. The molecule has 7 heteroatoms. The van der Waals surface area contributed by atoms with Gasteiger partial charge in [0.05, 0.1) is 0 Å². The van der Waals surface area contributed by atoms with E-state index in [4.69, 9.17) is 0 Å². The quantitative estimate of drug-likeness (QED) is 0.845. The van der Waals surface area contributed by atoms with Crippen LogP contribution < -0.4 is 15.1 Å². The van der Waals surface area contributed by atoms with Crippen LogP contribution in [0.2, 0.25) is 0 Å². The van der Waals surface area contributed by atoms with E-state index < -0.39 is 0 Å². The fourth-order valence-electron chi connectivity index (χ4n) is 4.25. The van der Waals surface area contributed by atoms with Crippen LogP contribution in [0.5, 0.6) is 0 Å². The Morgan fingerprint density at radius 3 is 2.59 bits per heavy atom. The summed E-state index contributed by atoms with van der Waals surface area (Å²) in [5, 5.41) is 3.20. The Balaban J connectivity index is 1.35. The van der Waals surface area contributed by atoms with Crippen LogP contribution >= 0.6 is 0 Å². The lowest BCUT2D eigenvalue weighted by molar-refractivity contribution is 0.201. The first kappa shape index (κ1) is 19.5. The summed E-state index contributed by atoms with van der Waals surface area (Å²) < 4.78 is 0. The van der Waals surface area contributed by atoms with Crippen molar-refractivity contribution in [2.45, 2.75) is 38.3 Å². The molecule has 1 aromatic carbocycles. The maximum absolute atomic E-state index is 12.8. The average molecular weight is 395 g/mol. The number of aromatic nitrogens is 2. The highest BCUT2D eigenvalue weighted by molar-refractivity contribution is 5.74. The number of carbonyl (C=O) groups is 1. The van der Waals surface area contributed by atoms with Crippen LogP contribution in [0.25, 0.3) is 0 Å². The zero-order valence-electron chi connectivity index (χ0n) is 17.1. The lowest BCUT2D eigenvalue weighted by Crippen LogP contribution is -2.51. The van der Waals surface area contributed by atoms with Gasteiger partial charge in [0.25, 0.3) is 0 Å². The summed E-state index contributed by atoms with van der Waals surface area (Å²) in [6, 6.07) is 10.3. The first-order valence-electron chi connectivity index (χ1n) is 10.6. The molecule has 0 bridgehead atoms. The molecule has 3 heterocycles. The van der Waals surface area contributed by atoms with Crippen molar-refractivity contribution in [3.63, 3.8) is 0 Å². The Kier molecular flexibility index (Phi) is 6.12. The number of nitrogens with one attached hydrogen (secondary N) is 1. The van der Waals surface area contributed by atoms with Gasteiger partial charge in [0.2, 0.25) is 5.95 Å². The van der Waals surface area contributed by atoms with Gasteiger partial charge in [-0.1, -0.05) is 18.2 Å². The van der Waals surface area contributed by atoms with Gasteiger partial charge in [-0.05, 0) is 43.4 Å². The summed E-state index contributed by atoms with van der Waals surface area (Å²) in [4.78, 5) is 27.9. The average Bonchev–Trinajstić information content (AvgIpc) is 3.30. The smallest absolute Gasteiger partial charge is 0.317 e. The van der Waals surface area contributed by atoms with Crippen LogP contribution in [0.3, 0.4) is 0 Å². The van der Waals surface area contributed by atoms with E-state index in [-0.39, 0.29) is 12.1 Å². The van der Waals surface area contributed by atoms with Gasteiger partial charge in [-0.2, -0.15) is 0 Å². The number of hydrogen-bond donors (Lipinski definition) is 1. The van der Waals surface area contributed by atoms with Crippen LogP contribution in [0, 0.1) is 0 Å². The largest absolute Gasteiger partial charge is 0.371 e. The van der Waals surface area contributed by atoms with Crippen molar-refractivity contribution >= 4 is 17.7 Å². The summed E-state index contributed by atoms with van der Waals surface area (Å²) in [7, 11) is 1.87. The molecule has 2 saturated heterocycles. The Labute approximate surface area is 172 Å². The van der Waals surface area contributed by atoms with E-state index in [1.165, 1.54) is 24.1 Å². The van der Waals surface area contributed by atoms with Gasteiger partial charge in [-0.25, -0.2) is 14.8 Å². The molecule has 7 nitrogen and oxygen atoms in total. The summed E-state index contributed by atoms with van der Waals surface area (Å²) >= 11 is 0. The lowest BCUT2D eigenvalue weighted by Gasteiger charge is -2.34. The van der Waals surface area contributed by atoms with Crippen molar-refractivity contribution in [2.75, 3.05) is 43.0 Å². The molecule has 0 saturated carbocycles. The van der Waals surface area contributed by atoms with Gasteiger partial charge >= 0.3 is 6.03 Å². The van der Waals surface area contributed by atoms with E-state index in [0.29, 0.717) is 6.54 Å². The molecule has 2 aliphatic rings. The number of rotatable bonds is 5. The highest BCUT2D eigenvalue weighted by atomic mass is 16.2. The standard InChI is InChI=1S/C22H30N6O/c1-26(16-18-8-2-3-10-20(18)27-13-4-5-14-27)22(29)25-19-9-6-15-28(17-19)21-23-11-7-12-24-21/h2-3,7-8,10-12,19H,4-6,9,13-17H2,1H3,(H,25,29). The van der Waals surface area contributed by atoms with E-state index in [0.717, 1.165) is 45.0 Å². The molecule has 0 radical (unpaired) electrons. The normalized spacial score (nSPS) is 19.3. The molecular weight excluding hydrogens is 364 g/mol. The zero-order valence-corrected chi connectivity index (χ0v) is 17.1. The first-order chi connectivity index (χ1) is 14.2. The predicted octanol–water partition coefficient (Wildman–Crippen LogP) is 2.89. The molecule has 4 rings (SSSR count). The second kappa shape index (κ2) is 9.11. The van der Waals surface area contributed by atoms with Gasteiger partial charge < -0.3 is 20.0 Å². The van der Waals surface area contributed by atoms with E-state index in [2.05, 4.69) is 49.4 Å². The molecule has 0 aliphatic carbocycles. The van der Waals surface area contributed by atoms with Crippen LogP contribution in [-0.4, -0.2) is 60.2 Å². The number of benzene rings is 1. The minimum atomic E-state index is -0.0259. The molecule has 154 valence electrons. The molecule has 1 N–H and O–H groups in total. The van der Waals surface area contributed by atoms with Crippen molar-refractivity contribution in [3.05, 3.63) is 48.3 Å². The van der Waals surface area contributed by atoms with Crippen LogP contribution in [0.1, 0.15) is 31.2 Å². The topological polar surface area (TPSA) is 64.6 Å². The second-order valence-corrected chi connectivity index (χ2v) is 7.96. The molecule has 2 amide bonds. The summed E-state index contributed by atoms with van der Waals surface area (Å²) in [6.45, 7) is 4.49. The van der Waals surface area contributed by atoms with Crippen molar-refractivity contribution < 1.29 is 4.79 Å². The number of piperidine rings is 1. The molecule has 1 aromatic heterocycles. The van der Waals surface area contributed by atoms with Crippen LogP contribution in [0.15, 0.2) is 42.7 Å². The number of carbonyl (C=O) groups excluding carboxylic acids is 1. The summed E-state index contributed by atoms with van der Waals surface area (Å²) in [6.07, 6.45) is 8.01. The third-order valence-corrected chi connectivity index (χ3v) is 5.78. The molecule has 29 heavy (non-hydrogen) atoms. The van der Waals surface area contributed by atoms with Crippen molar-refractivity contribution in [1.82, 2.24) is 20.2 Å². The Morgan fingerprint density at radius 2 is 1.79 bits per heavy atom. The Bertz CT molecular complexity index is 808. The first-order valence-corrected chi connectivity index (χ1v) is 10.6. The number of amides is 2. The molecule has 2 fully saturated rings. The second-order valence-electron chi connectivity index (χ2n) is 7.96. The minimum absolute atomic E-state index is 0.0259. The number of hydrogen-bond acceptors (Lipinski definition) is 5. The van der Waals surface area contributed by atoms with E-state index in [1.54, 1.807) is 17.3 Å². The third kappa shape index (κ3) is 4.78. The lowest BCUT2D eigenvalue weighted by atomic mass is 10.1. The number of anilines is 2. The van der Waals surface area contributed by atoms with Crippen LogP contribution in [-0.2, 0) is 6.54 Å². The monoisotopic (exact) mass is 394 g/mol. The molecule has 2 aromatic rings. The Morgan fingerprint density at radius 1 is 1.07 bits per heavy atom. The van der Waals surface area contributed by atoms with E-state index >= 15 is 0 Å². The fraction of sp³-hybridized carbons (Fsp3) is 0.500. The predicted molar refractivity (Wildman–Crippen MR) is 115 cm³/mol. The van der Waals surface area contributed by atoms with E-state index in [9.17, 15) is 4.79 Å². The summed E-state index contributed by atoms with van der Waals surface area (Å²) in [5.74, 6) is 0.736. The molecule has 0 spiro atoms. The van der Waals surface area contributed by atoms with Gasteiger partial charge in [-0.3, -0.25) is 0 Å². The zero-order chi connectivity index (χ0) is 20.1. The highest BCUT2D eigenvalue weighted by Crippen LogP contribution is 2.25. The number of para-hydroxylation sites is 1. The van der Waals surface area contributed by atoms with Crippen molar-refractivity contribution in [2.24, 2.45) is 0 Å². The molecule has 1 atom stereocenters. The van der Waals surface area contributed by atoms with Gasteiger partial charge in [-0.15, -0.1) is 0 Å². The number of nitrogens with zero attached hydrogens (tertiary/aromatic N) is 5. The maximum atomic E-state index is 12.8. The minimum Gasteiger partial charge on any atom is -0.371 e. The summed E-state index contributed by atoms with van der Waals surface area (Å²) in [5.41, 5.74) is 2.46. The van der Waals surface area contributed by atoms with E-state index in [1.807, 2.05) is 13.1 Å². The van der Waals surface area contributed by atoms with Crippen molar-refractivity contribution in [1.29, 1.82) is 0 Å².